The largest absolute Gasteiger partial charge is 0.301 e. The van der Waals surface area contributed by atoms with E-state index in [2.05, 4.69) is 20.8 Å². The van der Waals surface area contributed by atoms with Crippen LogP contribution in [0.4, 0.5) is 5.69 Å². The predicted molar refractivity (Wildman–Crippen MR) is 103 cm³/mol. The molecule has 9 heteroatoms. The maximum Gasteiger partial charge on any atom is 0.272 e. The van der Waals surface area contributed by atoms with Crippen LogP contribution in [0.2, 0.25) is 0 Å². The molecule has 1 saturated heterocycles. The van der Waals surface area contributed by atoms with Crippen molar-refractivity contribution in [3.05, 3.63) is 59.9 Å². The third kappa shape index (κ3) is 4.04. The SMILES string of the molecule is Cc1ccc(N2C(=O)[C@@H](/C=N/NC(=O)c3cccnc3)C(=O)NC2=S)cc1. The Morgan fingerprint density at radius 2 is 2.04 bits per heavy atom. The summed E-state index contributed by atoms with van der Waals surface area (Å²) in [5.41, 5.74) is 4.13. The number of hydrazone groups is 1. The number of hydrogen-bond donors (Lipinski definition) is 2. The second kappa shape index (κ2) is 7.83. The lowest BCUT2D eigenvalue weighted by Crippen LogP contribution is -2.58. The van der Waals surface area contributed by atoms with E-state index in [-0.39, 0.29) is 5.11 Å². The highest BCUT2D eigenvalue weighted by molar-refractivity contribution is 7.80. The van der Waals surface area contributed by atoms with Gasteiger partial charge < -0.3 is 5.32 Å². The molecule has 1 fully saturated rings. The number of rotatable bonds is 4. The van der Waals surface area contributed by atoms with E-state index in [1.165, 1.54) is 17.3 Å². The zero-order valence-electron chi connectivity index (χ0n) is 14.2. The van der Waals surface area contributed by atoms with Crippen LogP contribution in [-0.4, -0.2) is 34.0 Å². The lowest BCUT2D eigenvalue weighted by molar-refractivity contribution is -0.130. The molecule has 27 heavy (non-hydrogen) atoms. The van der Waals surface area contributed by atoms with Gasteiger partial charge in [0.1, 0.15) is 0 Å². The van der Waals surface area contributed by atoms with Crippen LogP contribution in [0.1, 0.15) is 15.9 Å². The normalized spacial score (nSPS) is 17.1. The van der Waals surface area contributed by atoms with Gasteiger partial charge in [0.2, 0.25) is 5.91 Å². The molecule has 0 unspecified atom stereocenters. The third-order valence-electron chi connectivity index (χ3n) is 3.81. The van der Waals surface area contributed by atoms with Crippen molar-refractivity contribution >= 4 is 47.0 Å². The number of hydrogen-bond acceptors (Lipinski definition) is 6. The molecule has 136 valence electrons. The lowest BCUT2D eigenvalue weighted by Gasteiger charge is -2.30. The zero-order valence-corrected chi connectivity index (χ0v) is 15.1. The van der Waals surface area contributed by atoms with E-state index in [1.54, 1.807) is 24.3 Å². The summed E-state index contributed by atoms with van der Waals surface area (Å²) in [6.45, 7) is 1.92. The number of nitrogens with zero attached hydrogens (tertiary/aromatic N) is 3. The fraction of sp³-hybridized carbons (Fsp3) is 0.111. The number of benzene rings is 1. The van der Waals surface area contributed by atoms with Gasteiger partial charge in [-0.2, -0.15) is 5.10 Å². The number of anilines is 1. The molecule has 1 aromatic heterocycles. The van der Waals surface area contributed by atoms with E-state index in [9.17, 15) is 14.4 Å². The summed E-state index contributed by atoms with van der Waals surface area (Å²) < 4.78 is 0. The van der Waals surface area contributed by atoms with E-state index >= 15 is 0 Å². The molecule has 8 nitrogen and oxygen atoms in total. The lowest BCUT2D eigenvalue weighted by atomic mass is 10.1. The van der Waals surface area contributed by atoms with Gasteiger partial charge in [-0.3, -0.25) is 24.3 Å². The van der Waals surface area contributed by atoms with Crippen molar-refractivity contribution < 1.29 is 14.4 Å². The minimum absolute atomic E-state index is 0.00195. The van der Waals surface area contributed by atoms with Crippen LogP contribution < -0.4 is 15.6 Å². The van der Waals surface area contributed by atoms with Gasteiger partial charge in [-0.15, -0.1) is 0 Å². The molecule has 3 amide bonds. The first-order valence-electron chi connectivity index (χ1n) is 7.96. The van der Waals surface area contributed by atoms with Gasteiger partial charge in [-0.05, 0) is 43.4 Å². The standard InChI is InChI=1S/C18H15N5O3S/c1-11-4-6-13(7-5-11)23-17(26)14(16(25)21-18(23)27)10-20-22-15(24)12-3-2-8-19-9-12/h2-10,14H,1H3,(H,22,24)(H,21,25,27)/b20-10+/t14-/m0/s1. The summed E-state index contributed by atoms with van der Waals surface area (Å²) in [7, 11) is 0. The summed E-state index contributed by atoms with van der Waals surface area (Å²) in [5, 5.41) is 6.21. The van der Waals surface area contributed by atoms with Crippen LogP contribution >= 0.6 is 12.2 Å². The molecule has 1 aliphatic heterocycles. The molecular formula is C18H15N5O3S. The quantitative estimate of drug-likeness (QED) is 0.358. The Labute approximate surface area is 160 Å². The summed E-state index contributed by atoms with van der Waals surface area (Å²) in [4.78, 5) is 41.9. The van der Waals surface area contributed by atoms with Crippen molar-refractivity contribution in [1.29, 1.82) is 0 Å². The van der Waals surface area contributed by atoms with Gasteiger partial charge in [0, 0.05) is 18.6 Å². The number of carbonyl (C=O) groups is 3. The summed E-state index contributed by atoms with van der Waals surface area (Å²) in [6.07, 6.45) is 3.99. The van der Waals surface area contributed by atoms with Gasteiger partial charge in [-0.25, -0.2) is 5.43 Å². The first-order chi connectivity index (χ1) is 13.0. The molecule has 0 spiro atoms. The van der Waals surface area contributed by atoms with Gasteiger partial charge >= 0.3 is 0 Å². The Hall–Kier alpha value is -3.46. The molecular weight excluding hydrogens is 366 g/mol. The van der Waals surface area contributed by atoms with Gasteiger partial charge in [0.15, 0.2) is 11.0 Å². The van der Waals surface area contributed by atoms with Gasteiger partial charge in [-0.1, -0.05) is 17.7 Å². The highest BCUT2D eigenvalue weighted by Gasteiger charge is 2.38. The molecule has 0 saturated carbocycles. The minimum Gasteiger partial charge on any atom is -0.301 e. The van der Waals surface area contributed by atoms with Crippen molar-refractivity contribution in [3.8, 4) is 0 Å². The van der Waals surface area contributed by atoms with Crippen molar-refractivity contribution in [2.75, 3.05) is 4.90 Å². The van der Waals surface area contributed by atoms with Gasteiger partial charge in [0.25, 0.3) is 11.8 Å². The number of thiocarbonyl (C=S) groups is 1. The molecule has 3 rings (SSSR count). The fourth-order valence-corrected chi connectivity index (χ4v) is 2.69. The number of pyridine rings is 1. The van der Waals surface area contributed by atoms with Crippen molar-refractivity contribution in [1.82, 2.24) is 15.7 Å². The van der Waals surface area contributed by atoms with Crippen LogP contribution in [-0.2, 0) is 9.59 Å². The molecule has 2 aromatic rings. The van der Waals surface area contributed by atoms with Crippen LogP contribution in [0, 0.1) is 12.8 Å². The zero-order chi connectivity index (χ0) is 19.4. The Balaban J connectivity index is 1.75. The van der Waals surface area contributed by atoms with Crippen molar-refractivity contribution in [2.24, 2.45) is 11.0 Å². The van der Waals surface area contributed by atoms with Crippen LogP contribution in [0.3, 0.4) is 0 Å². The molecule has 0 radical (unpaired) electrons. The monoisotopic (exact) mass is 381 g/mol. The van der Waals surface area contributed by atoms with E-state index in [1.807, 2.05) is 19.1 Å². The van der Waals surface area contributed by atoms with Crippen LogP contribution in [0.25, 0.3) is 0 Å². The summed E-state index contributed by atoms with van der Waals surface area (Å²) in [6, 6.07) is 10.3. The second-order valence-electron chi connectivity index (χ2n) is 5.74. The maximum absolute atomic E-state index is 12.7. The molecule has 0 aliphatic carbocycles. The number of amides is 3. The second-order valence-corrected chi connectivity index (χ2v) is 6.13. The predicted octanol–water partition coefficient (Wildman–Crippen LogP) is 1.17. The topological polar surface area (TPSA) is 104 Å². The smallest absolute Gasteiger partial charge is 0.272 e. The summed E-state index contributed by atoms with van der Waals surface area (Å²) in [5.74, 6) is -2.87. The highest BCUT2D eigenvalue weighted by atomic mass is 32.1. The molecule has 0 bridgehead atoms. The number of aromatic nitrogens is 1. The third-order valence-corrected chi connectivity index (χ3v) is 4.09. The Morgan fingerprint density at radius 3 is 2.70 bits per heavy atom. The van der Waals surface area contributed by atoms with E-state index in [4.69, 9.17) is 12.2 Å². The molecule has 1 aromatic carbocycles. The average Bonchev–Trinajstić information content (AvgIpc) is 2.66. The average molecular weight is 381 g/mol. The first kappa shape index (κ1) is 18.3. The molecule has 2 N–H and O–H groups in total. The summed E-state index contributed by atoms with van der Waals surface area (Å²) >= 11 is 5.12. The van der Waals surface area contributed by atoms with Crippen molar-refractivity contribution in [2.45, 2.75) is 6.92 Å². The van der Waals surface area contributed by atoms with Crippen LogP contribution in [0.15, 0.2) is 53.9 Å². The number of carbonyl (C=O) groups excluding carboxylic acids is 3. The molecule has 2 heterocycles. The van der Waals surface area contributed by atoms with Crippen LogP contribution in [0.5, 0.6) is 0 Å². The minimum atomic E-state index is -1.22. The highest BCUT2D eigenvalue weighted by Crippen LogP contribution is 2.20. The Morgan fingerprint density at radius 1 is 1.30 bits per heavy atom. The number of aryl methyl sites for hydroxylation is 1. The first-order valence-corrected chi connectivity index (χ1v) is 8.37. The molecule has 1 atom stereocenters. The van der Waals surface area contributed by atoms with E-state index in [0.717, 1.165) is 11.8 Å². The maximum atomic E-state index is 12.7. The number of nitrogens with one attached hydrogen (secondary N) is 2. The van der Waals surface area contributed by atoms with E-state index < -0.39 is 23.6 Å². The van der Waals surface area contributed by atoms with Gasteiger partial charge in [0.05, 0.1) is 11.3 Å². The van der Waals surface area contributed by atoms with Crippen molar-refractivity contribution in [3.63, 3.8) is 0 Å². The van der Waals surface area contributed by atoms with E-state index in [0.29, 0.717) is 11.3 Å². The Kier molecular flexibility index (Phi) is 5.32. The molecule has 1 aliphatic rings. The fourth-order valence-electron chi connectivity index (χ4n) is 2.39. The Bertz CT molecular complexity index is 928.